The van der Waals surface area contributed by atoms with Crippen molar-refractivity contribution in [3.63, 3.8) is 0 Å². The van der Waals surface area contributed by atoms with Crippen LogP contribution in [0.15, 0.2) is 96.4 Å². The van der Waals surface area contributed by atoms with Gasteiger partial charge < -0.3 is 5.32 Å². The number of fused-ring (bicyclic) bond motifs is 3. The van der Waals surface area contributed by atoms with Crippen LogP contribution in [-0.2, 0) is 16.0 Å². The Morgan fingerprint density at radius 2 is 1.74 bits per heavy atom. The first kappa shape index (κ1) is 24.8. The number of anilines is 1. The van der Waals surface area contributed by atoms with Crippen molar-refractivity contribution in [1.82, 2.24) is 9.55 Å². The van der Waals surface area contributed by atoms with Gasteiger partial charge in [-0.15, -0.1) is 0 Å². The standard InChI is InChI=1S/C32H27N3O3/c1-4-26(36)16-21-7-9-22(10-8-21)23-11-14-28-27(17-23)32-24(19-33-28)12-15-31(38)35(32)25-13-6-20(3)29(18-25)34-30(37)5-2/h5-15,17-19H,2,4,16H2,1,3H3,(H,34,37). The highest BCUT2D eigenvalue weighted by atomic mass is 16.1. The Morgan fingerprint density at radius 3 is 2.47 bits per heavy atom. The molecule has 188 valence electrons. The minimum absolute atomic E-state index is 0.190. The Kier molecular flexibility index (Phi) is 6.71. The molecule has 6 nitrogen and oxygen atoms in total. The van der Waals surface area contributed by atoms with Gasteiger partial charge in [-0.3, -0.25) is 23.9 Å². The van der Waals surface area contributed by atoms with E-state index >= 15 is 0 Å². The number of benzene rings is 3. The van der Waals surface area contributed by atoms with Gasteiger partial charge in [-0.05, 0) is 65.6 Å². The number of hydrogen-bond acceptors (Lipinski definition) is 4. The molecule has 5 aromatic rings. The van der Waals surface area contributed by atoms with Crippen molar-refractivity contribution in [2.45, 2.75) is 26.7 Å². The van der Waals surface area contributed by atoms with Crippen LogP contribution in [0.4, 0.5) is 5.69 Å². The number of hydrogen-bond donors (Lipinski definition) is 1. The lowest BCUT2D eigenvalue weighted by molar-refractivity contribution is -0.118. The average Bonchev–Trinajstić information content (AvgIpc) is 2.94. The van der Waals surface area contributed by atoms with Gasteiger partial charge in [-0.2, -0.15) is 0 Å². The maximum Gasteiger partial charge on any atom is 0.255 e. The van der Waals surface area contributed by atoms with Crippen molar-refractivity contribution in [2.75, 3.05) is 5.32 Å². The molecule has 0 unspecified atom stereocenters. The summed E-state index contributed by atoms with van der Waals surface area (Å²) in [5, 5.41) is 4.47. The second-order valence-electron chi connectivity index (χ2n) is 9.26. The van der Waals surface area contributed by atoms with Crippen LogP contribution < -0.4 is 10.9 Å². The molecule has 0 aliphatic carbocycles. The Hall–Kier alpha value is -4.84. The van der Waals surface area contributed by atoms with Gasteiger partial charge in [0.15, 0.2) is 0 Å². The van der Waals surface area contributed by atoms with Gasteiger partial charge in [-0.1, -0.05) is 49.9 Å². The van der Waals surface area contributed by atoms with E-state index in [0.717, 1.165) is 44.1 Å². The van der Waals surface area contributed by atoms with E-state index in [4.69, 9.17) is 0 Å². The van der Waals surface area contributed by atoms with Gasteiger partial charge >= 0.3 is 0 Å². The first-order valence-corrected chi connectivity index (χ1v) is 12.5. The third kappa shape index (κ3) is 4.76. The number of nitrogens with zero attached hydrogens (tertiary/aromatic N) is 2. The fourth-order valence-corrected chi connectivity index (χ4v) is 4.58. The van der Waals surface area contributed by atoms with E-state index in [2.05, 4.69) is 16.9 Å². The molecule has 0 fully saturated rings. The highest BCUT2D eigenvalue weighted by molar-refractivity contribution is 6.05. The van der Waals surface area contributed by atoms with Crippen molar-refractivity contribution in [3.05, 3.63) is 113 Å². The largest absolute Gasteiger partial charge is 0.322 e. The SMILES string of the molecule is C=CC(=O)Nc1cc(-n2c(=O)ccc3cnc4ccc(-c5ccc(CC(=O)CC)cc5)cc4c32)ccc1C. The molecule has 2 heterocycles. The van der Waals surface area contributed by atoms with Crippen molar-refractivity contribution in [2.24, 2.45) is 0 Å². The highest BCUT2D eigenvalue weighted by Crippen LogP contribution is 2.30. The van der Waals surface area contributed by atoms with Gasteiger partial charge in [0, 0.05) is 41.6 Å². The summed E-state index contributed by atoms with van der Waals surface area (Å²) >= 11 is 0. The molecular weight excluding hydrogens is 474 g/mol. The summed E-state index contributed by atoms with van der Waals surface area (Å²) < 4.78 is 1.66. The molecular formula is C32H27N3O3. The zero-order chi connectivity index (χ0) is 26.8. The van der Waals surface area contributed by atoms with Gasteiger partial charge in [0.1, 0.15) is 5.78 Å². The van der Waals surface area contributed by atoms with Crippen LogP contribution in [0.2, 0.25) is 0 Å². The number of carbonyl (C=O) groups excluding carboxylic acids is 2. The number of amides is 1. The molecule has 1 amide bonds. The molecule has 2 aromatic heterocycles. The molecule has 5 rings (SSSR count). The molecule has 0 aliphatic rings. The minimum atomic E-state index is -0.320. The third-order valence-corrected chi connectivity index (χ3v) is 6.72. The van der Waals surface area contributed by atoms with Gasteiger partial charge in [0.25, 0.3) is 5.56 Å². The van der Waals surface area contributed by atoms with Crippen LogP contribution in [0, 0.1) is 6.92 Å². The molecule has 0 saturated carbocycles. The summed E-state index contributed by atoms with van der Waals surface area (Å²) in [5.74, 6) is -0.109. The van der Waals surface area contributed by atoms with Crippen molar-refractivity contribution < 1.29 is 9.59 Å². The molecule has 3 aromatic carbocycles. The predicted octanol–water partition coefficient (Wildman–Crippen LogP) is 6.16. The predicted molar refractivity (Wildman–Crippen MR) is 153 cm³/mol. The molecule has 0 saturated heterocycles. The Balaban J connectivity index is 1.68. The number of carbonyl (C=O) groups is 2. The maximum atomic E-state index is 13.3. The summed E-state index contributed by atoms with van der Waals surface area (Å²) in [6.07, 6.45) is 3.94. The van der Waals surface area contributed by atoms with Crippen LogP contribution in [0.25, 0.3) is 38.6 Å². The monoisotopic (exact) mass is 501 g/mol. The first-order valence-electron chi connectivity index (χ1n) is 12.5. The van der Waals surface area contributed by atoms with E-state index < -0.39 is 0 Å². The van der Waals surface area contributed by atoms with Crippen molar-refractivity contribution >= 4 is 39.2 Å². The number of Topliss-reactive ketones (excluding diaryl/α,β-unsaturated/α-hetero) is 1. The molecule has 6 heteroatoms. The van der Waals surface area contributed by atoms with Gasteiger partial charge in [-0.25, -0.2) is 0 Å². The highest BCUT2D eigenvalue weighted by Gasteiger charge is 2.13. The zero-order valence-electron chi connectivity index (χ0n) is 21.3. The van der Waals surface area contributed by atoms with Crippen molar-refractivity contribution in [3.8, 4) is 16.8 Å². The molecule has 38 heavy (non-hydrogen) atoms. The third-order valence-electron chi connectivity index (χ3n) is 6.72. The second-order valence-corrected chi connectivity index (χ2v) is 9.26. The van der Waals surface area contributed by atoms with Crippen LogP contribution in [0.1, 0.15) is 24.5 Å². The number of rotatable bonds is 7. The molecule has 0 spiro atoms. The summed E-state index contributed by atoms with van der Waals surface area (Å²) in [7, 11) is 0. The number of pyridine rings is 2. The zero-order valence-corrected chi connectivity index (χ0v) is 21.3. The quantitative estimate of drug-likeness (QED) is 0.214. The average molecular weight is 502 g/mol. The minimum Gasteiger partial charge on any atom is -0.322 e. The van der Waals surface area contributed by atoms with Crippen LogP contribution in [-0.4, -0.2) is 21.2 Å². The number of nitrogens with one attached hydrogen (secondary N) is 1. The van der Waals surface area contributed by atoms with E-state index in [0.29, 0.717) is 24.2 Å². The Morgan fingerprint density at radius 1 is 0.974 bits per heavy atom. The van der Waals surface area contributed by atoms with Crippen LogP contribution >= 0.6 is 0 Å². The molecule has 0 bridgehead atoms. The van der Waals surface area contributed by atoms with E-state index in [1.54, 1.807) is 22.9 Å². The van der Waals surface area contributed by atoms with Crippen LogP contribution in [0.3, 0.4) is 0 Å². The number of ketones is 1. The summed E-state index contributed by atoms with van der Waals surface area (Å²) in [6.45, 7) is 7.29. The number of aryl methyl sites for hydroxylation is 1. The van der Waals surface area contributed by atoms with E-state index in [-0.39, 0.29) is 17.2 Å². The van der Waals surface area contributed by atoms with E-state index in [1.165, 1.54) is 12.1 Å². The first-order chi connectivity index (χ1) is 18.4. The lowest BCUT2D eigenvalue weighted by atomic mass is 9.99. The molecule has 1 N–H and O–H groups in total. The summed E-state index contributed by atoms with van der Waals surface area (Å²) in [5.41, 5.74) is 6.39. The number of aromatic nitrogens is 2. The molecule has 0 atom stereocenters. The van der Waals surface area contributed by atoms with Crippen LogP contribution in [0.5, 0.6) is 0 Å². The topological polar surface area (TPSA) is 81.1 Å². The fourth-order valence-electron chi connectivity index (χ4n) is 4.58. The van der Waals surface area contributed by atoms with E-state index in [9.17, 15) is 14.4 Å². The summed E-state index contributed by atoms with van der Waals surface area (Å²) in [6, 6.07) is 22.8. The Labute approximate surface area is 220 Å². The lowest BCUT2D eigenvalue weighted by Crippen LogP contribution is -2.18. The lowest BCUT2D eigenvalue weighted by Gasteiger charge is -2.15. The smallest absolute Gasteiger partial charge is 0.255 e. The maximum absolute atomic E-state index is 13.3. The van der Waals surface area contributed by atoms with Crippen molar-refractivity contribution in [1.29, 1.82) is 0 Å². The van der Waals surface area contributed by atoms with E-state index in [1.807, 2.05) is 68.4 Å². The second kappa shape index (κ2) is 10.3. The fraction of sp³-hybridized carbons (Fsp3) is 0.125. The van der Waals surface area contributed by atoms with Gasteiger partial charge in [0.05, 0.1) is 16.7 Å². The molecule has 0 radical (unpaired) electrons. The normalized spacial score (nSPS) is 11.0. The molecule has 0 aliphatic heterocycles. The Bertz CT molecular complexity index is 1780. The summed E-state index contributed by atoms with van der Waals surface area (Å²) in [4.78, 5) is 41.7. The van der Waals surface area contributed by atoms with Gasteiger partial charge in [0.2, 0.25) is 5.91 Å².